The second-order valence-corrected chi connectivity index (χ2v) is 4.61. The molecule has 140 valence electrons. The lowest BCUT2D eigenvalue weighted by Gasteiger charge is -1.99. The van der Waals surface area contributed by atoms with Gasteiger partial charge < -0.3 is 33.1 Å². The molecule has 0 aliphatic heterocycles. The molecule has 0 radical (unpaired) electrons. The van der Waals surface area contributed by atoms with Crippen LogP contribution in [-0.2, 0) is 10.4 Å². The van der Waals surface area contributed by atoms with Crippen molar-refractivity contribution >= 4 is 10.4 Å². The Morgan fingerprint density at radius 2 is 0.952 bits per heavy atom. The van der Waals surface area contributed by atoms with Crippen LogP contribution in [0.2, 0.25) is 0 Å². The molecule has 0 amide bonds. The summed E-state index contributed by atoms with van der Waals surface area (Å²) in [6, 6.07) is 0. The van der Waals surface area contributed by atoms with E-state index in [-0.39, 0.29) is 27.4 Å². The van der Waals surface area contributed by atoms with Gasteiger partial charge in [0.15, 0.2) is 0 Å². The standard InChI is InChI=1S/C10H23N.H2O4S.5H2O/c1-2-3-4-5-6-7-8-9-10-11;1-5(2,3)4;;;;;/h2-11H2,1H3;(H2,1,2,3,4);5*1H2. The first kappa shape index (κ1) is 42.8. The second kappa shape index (κ2) is 31.8. The number of nitrogens with two attached hydrogens (primary N) is 1. The van der Waals surface area contributed by atoms with Crippen molar-refractivity contribution in [2.24, 2.45) is 5.73 Å². The summed E-state index contributed by atoms with van der Waals surface area (Å²) >= 11 is 0. The third-order valence-electron chi connectivity index (χ3n) is 2.06. The third kappa shape index (κ3) is 105. The average Bonchev–Trinajstić information content (AvgIpc) is 2.14. The average molecular weight is 345 g/mol. The van der Waals surface area contributed by atoms with Crippen LogP contribution in [0.1, 0.15) is 58.3 Å². The van der Waals surface area contributed by atoms with E-state index in [1.165, 1.54) is 51.4 Å². The Kier molecular flexibility index (Phi) is 64.9. The van der Waals surface area contributed by atoms with Crippen LogP contribution in [0.3, 0.4) is 0 Å². The molecule has 0 rings (SSSR count). The summed E-state index contributed by atoms with van der Waals surface area (Å²) in [5.41, 5.74) is 5.39. The summed E-state index contributed by atoms with van der Waals surface area (Å²) in [6.45, 7) is 3.13. The Bertz CT molecular complexity index is 209. The van der Waals surface area contributed by atoms with Crippen molar-refractivity contribution in [2.75, 3.05) is 6.54 Å². The van der Waals surface area contributed by atoms with Crippen molar-refractivity contribution < 1.29 is 44.9 Å². The predicted molar refractivity (Wildman–Crippen MR) is 83.9 cm³/mol. The smallest absolute Gasteiger partial charge is 0.394 e. The van der Waals surface area contributed by atoms with Gasteiger partial charge in [-0.25, -0.2) is 0 Å². The highest BCUT2D eigenvalue weighted by atomic mass is 32.3. The van der Waals surface area contributed by atoms with E-state index in [1.807, 2.05) is 0 Å². The lowest BCUT2D eigenvalue weighted by atomic mass is 10.1. The van der Waals surface area contributed by atoms with Gasteiger partial charge in [-0.05, 0) is 13.0 Å². The highest BCUT2D eigenvalue weighted by molar-refractivity contribution is 7.79. The lowest BCUT2D eigenvalue weighted by molar-refractivity contribution is 0.381. The topological polar surface area (TPSA) is 258 Å². The third-order valence-corrected chi connectivity index (χ3v) is 2.06. The zero-order valence-electron chi connectivity index (χ0n) is 12.6. The summed E-state index contributed by atoms with van der Waals surface area (Å²) in [6.07, 6.45) is 11.0. The van der Waals surface area contributed by atoms with E-state index in [0.717, 1.165) is 6.54 Å². The molecule has 0 aromatic rings. The Morgan fingerprint density at radius 3 is 1.19 bits per heavy atom. The van der Waals surface area contributed by atoms with Crippen LogP contribution in [0.5, 0.6) is 0 Å². The minimum Gasteiger partial charge on any atom is -0.412 e. The summed E-state index contributed by atoms with van der Waals surface area (Å²) in [4.78, 5) is 0. The van der Waals surface area contributed by atoms with Gasteiger partial charge in [-0.2, -0.15) is 8.42 Å². The molecular weight excluding hydrogens is 310 g/mol. The quantitative estimate of drug-likeness (QED) is 0.342. The van der Waals surface area contributed by atoms with Crippen molar-refractivity contribution in [1.29, 1.82) is 0 Å². The monoisotopic (exact) mass is 345 g/mol. The van der Waals surface area contributed by atoms with Gasteiger partial charge in [0.05, 0.1) is 0 Å². The van der Waals surface area contributed by atoms with Crippen LogP contribution >= 0.6 is 0 Å². The second-order valence-electron chi connectivity index (χ2n) is 3.71. The first-order valence-electron chi connectivity index (χ1n) is 5.81. The molecule has 10 nitrogen and oxygen atoms in total. The highest BCUT2D eigenvalue weighted by Crippen LogP contribution is 2.07. The molecule has 11 heteroatoms. The van der Waals surface area contributed by atoms with Crippen LogP contribution in [0.4, 0.5) is 0 Å². The van der Waals surface area contributed by atoms with E-state index in [9.17, 15) is 0 Å². The largest absolute Gasteiger partial charge is 0.412 e. The van der Waals surface area contributed by atoms with E-state index in [2.05, 4.69) is 6.92 Å². The molecule has 0 heterocycles. The van der Waals surface area contributed by atoms with Crippen molar-refractivity contribution in [3.63, 3.8) is 0 Å². The van der Waals surface area contributed by atoms with Crippen LogP contribution in [0.15, 0.2) is 0 Å². The zero-order chi connectivity index (χ0) is 12.9. The Hall–Kier alpha value is -0.370. The fraction of sp³-hybridized carbons (Fsp3) is 1.00. The van der Waals surface area contributed by atoms with E-state index < -0.39 is 10.4 Å². The van der Waals surface area contributed by atoms with E-state index in [1.54, 1.807) is 0 Å². The first-order chi connectivity index (χ1) is 7.41. The van der Waals surface area contributed by atoms with Crippen LogP contribution in [-0.4, -0.2) is 51.4 Å². The van der Waals surface area contributed by atoms with Gasteiger partial charge >= 0.3 is 10.4 Å². The molecule has 0 aromatic carbocycles. The first-order valence-corrected chi connectivity index (χ1v) is 7.21. The molecule has 14 N–H and O–H groups in total. The van der Waals surface area contributed by atoms with Crippen molar-refractivity contribution in [3.8, 4) is 0 Å². The molecule has 0 saturated carbocycles. The minimum atomic E-state index is -4.67. The maximum atomic E-state index is 8.74. The maximum absolute atomic E-state index is 8.74. The van der Waals surface area contributed by atoms with Gasteiger partial charge in [0, 0.05) is 0 Å². The van der Waals surface area contributed by atoms with Gasteiger partial charge in [0.2, 0.25) is 0 Å². The van der Waals surface area contributed by atoms with Crippen LogP contribution in [0.25, 0.3) is 0 Å². The lowest BCUT2D eigenvalue weighted by Crippen LogP contribution is -1.97. The van der Waals surface area contributed by atoms with Gasteiger partial charge in [0.25, 0.3) is 0 Å². The molecule has 0 fully saturated rings. The number of hydrogen-bond donors (Lipinski definition) is 3. The summed E-state index contributed by atoms with van der Waals surface area (Å²) < 4.78 is 31.6. The van der Waals surface area contributed by atoms with Gasteiger partial charge in [-0.15, -0.1) is 0 Å². The number of unbranched alkanes of at least 4 members (excludes halogenated alkanes) is 7. The summed E-state index contributed by atoms with van der Waals surface area (Å²) in [5, 5.41) is 0. The van der Waals surface area contributed by atoms with E-state index >= 15 is 0 Å². The molecule has 0 atom stereocenters. The maximum Gasteiger partial charge on any atom is 0.394 e. The number of rotatable bonds is 8. The summed E-state index contributed by atoms with van der Waals surface area (Å²) in [5.74, 6) is 0. The van der Waals surface area contributed by atoms with Crippen molar-refractivity contribution in [3.05, 3.63) is 0 Å². The van der Waals surface area contributed by atoms with E-state index in [4.69, 9.17) is 23.3 Å². The fourth-order valence-corrected chi connectivity index (χ4v) is 1.28. The number of hydrogen-bond acceptors (Lipinski definition) is 3. The van der Waals surface area contributed by atoms with Crippen LogP contribution < -0.4 is 5.73 Å². The Labute approximate surface area is 126 Å². The van der Waals surface area contributed by atoms with Crippen molar-refractivity contribution in [1.82, 2.24) is 0 Å². The normalized spacial score (nSPS) is 8.19. The zero-order valence-corrected chi connectivity index (χ0v) is 13.4. The van der Waals surface area contributed by atoms with E-state index in [0.29, 0.717) is 0 Å². The Balaban J connectivity index is -0.0000000350. The molecule has 0 aliphatic rings. The van der Waals surface area contributed by atoms with Gasteiger partial charge in [-0.3, -0.25) is 9.11 Å². The molecule has 21 heavy (non-hydrogen) atoms. The molecular formula is C10H35NO9S. The molecule has 0 aliphatic carbocycles. The van der Waals surface area contributed by atoms with Crippen LogP contribution in [0, 0.1) is 0 Å². The minimum absolute atomic E-state index is 0. The summed E-state index contributed by atoms with van der Waals surface area (Å²) in [7, 11) is -4.67. The molecule has 0 spiro atoms. The Morgan fingerprint density at radius 1 is 0.714 bits per heavy atom. The SMILES string of the molecule is CCCCCCCCCCN.O.O.O.O.O.O=S(=O)(O)O. The predicted octanol–water partition coefficient (Wildman–Crippen LogP) is -1.69. The van der Waals surface area contributed by atoms with Gasteiger partial charge in [-0.1, -0.05) is 51.9 Å². The molecule has 0 unspecified atom stereocenters. The highest BCUT2D eigenvalue weighted by Gasteiger charge is 1.89. The van der Waals surface area contributed by atoms with Gasteiger partial charge in [0.1, 0.15) is 0 Å². The fourth-order valence-electron chi connectivity index (χ4n) is 1.28. The van der Waals surface area contributed by atoms with Crippen molar-refractivity contribution in [2.45, 2.75) is 58.3 Å². The molecule has 0 bridgehead atoms. The molecule has 0 aromatic heterocycles. The molecule has 0 saturated heterocycles.